The maximum Gasteiger partial charge on any atom is 0.446 e. The van der Waals surface area contributed by atoms with Crippen molar-refractivity contribution in [3.63, 3.8) is 0 Å². The minimum Gasteiger partial charge on any atom is -0.490 e. The summed E-state index contributed by atoms with van der Waals surface area (Å²) in [5.74, 6) is 0.334. The number of rotatable bonds is 3. The predicted octanol–water partition coefficient (Wildman–Crippen LogP) is 3.80. The third-order valence-corrected chi connectivity index (χ3v) is 2.95. The molecule has 0 aliphatic carbocycles. The first-order valence-corrected chi connectivity index (χ1v) is 6.18. The van der Waals surface area contributed by atoms with E-state index in [-0.39, 0.29) is 5.58 Å². The predicted molar refractivity (Wildman–Crippen MR) is 65.6 cm³/mol. The SMILES string of the molecule is CCOc1cccc2cc(SC(F)(F)F)c(=O)oc12. The molecule has 0 saturated heterocycles. The van der Waals surface area contributed by atoms with E-state index in [1.165, 1.54) is 0 Å². The number of para-hydroxylation sites is 1. The lowest BCUT2D eigenvalue weighted by atomic mass is 10.2. The summed E-state index contributed by atoms with van der Waals surface area (Å²) in [5, 5.41) is 0.386. The van der Waals surface area contributed by atoms with Crippen molar-refractivity contribution in [2.75, 3.05) is 6.61 Å². The van der Waals surface area contributed by atoms with Crippen molar-refractivity contribution in [2.24, 2.45) is 0 Å². The zero-order chi connectivity index (χ0) is 14.0. The van der Waals surface area contributed by atoms with Crippen molar-refractivity contribution in [3.05, 3.63) is 34.7 Å². The zero-order valence-electron chi connectivity index (χ0n) is 9.78. The number of alkyl halides is 3. The van der Waals surface area contributed by atoms with Gasteiger partial charge in [0.15, 0.2) is 11.3 Å². The fourth-order valence-electron chi connectivity index (χ4n) is 1.56. The second kappa shape index (κ2) is 5.16. The highest BCUT2D eigenvalue weighted by Crippen LogP contribution is 2.36. The van der Waals surface area contributed by atoms with Crippen molar-refractivity contribution >= 4 is 22.7 Å². The number of benzene rings is 1. The quantitative estimate of drug-likeness (QED) is 0.636. The molecular weight excluding hydrogens is 281 g/mol. The Balaban J connectivity index is 2.55. The lowest BCUT2D eigenvalue weighted by molar-refractivity contribution is -0.0329. The molecule has 0 saturated carbocycles. The van der Waals surface area contributed by atoms with Crippen LogP contribution in [-0.2, 0) is 0 Å². The molecule has 1 heterocycles. The normalized spacial score (nSPS) is 11.8. The van der Waals surface area contributed by atoms with Gasteiger partial charge in [0.2, 0.25) is 0 Å². The van der Waals surface area contributed by atoms with Crippen molar-refractivity contribution in [3.8, 4) is 5.75 Å². The highest BCUT2D eigenvalue weighted by Gasteiger charge is 2.31. The molecule has 1 aromatic heterocycles. The van der Waals surface area contributed by atoms with Gasteiger partial charge in [-0.2, -0.15) is 13.2 Å². The van der Waals surface area contributed by atoms with E-state index >= 15 is 0 Å². The maximum absolute atomic E-state index is 12.3. The Morgan fingerprint density at radius 2 is 2.11 bits per heavy atom. The molecule has 19 heavy (non-hydrogen) atoms. The van der Waals surface area contributed by atoms with E-state index in [9.17, 15) is 18.0 Å². The van der Waals surface area contributed by atoms with E-state index in [4.69, 9.17) is 9.15 Å². The van der Waals surface area contributed by atoms with E-state index in [2.05, 4.69) is 0 Å². The monoisotopic (exact) mass is 290 g/mol. The van der Waals surface area contributed by atoms with Crippen LogP contribution >= 0.6 is 11.8 Å². The van der Waals surface area contributed by atoms with Gasteiger partial charge < -0.3 is 9.15 Å². The zero-order valence-corrected chi connectivity index (χ0v) is 10.6. The van der Waals surface area contributed by atoms with Gasteiger partial charge in [-0.3, -0.25) is 0 Å². The lowest BCUT2D eigenvalue weighted by Gasteiger charge is -2.08. The molecule has 2 rings (SSSR count). The molecule has 0 atom stereocenters. The molecule has 0 unspecified atom stereocenters. The van der Waals surface area contributed by atoms with E-state index in [1.807, 2.05) is 0 Å². The number of thioether (sulfide) groups is 1. The largest absolute Gasteiger partial charge is 0.490 e. The van der Waals surface area contributed by atoms with Crippen LogP contribution in [0.5, 0.6) is 5.75 Å². The molecule has 0 amide bonds. The maximum atomic E-state index is 12.3. The van der Waals surface area contributed by atoms with Crippen molar-refractivity contribution in [2.45, 2.75) is 17.3 Å². The Morgan fingerprint density at radius 3 is 2.74 bits per heavy atom. The van der Waals surface area contributed by atoms with Gasteiger partial charge in [0, 0.05) is 5.39 Å². The third kappa shape index (κ3) is 3.23. The van der Waals surface area contributed by atoms with Crippen LogP contribution < -0.4 is 10.4 Å². The van der Waals surface area contributed by atoms with Crippen LogP contribution in [0.3, 0.4) is 0 Å². The first-order valence-electron chi connectivity index (χ1n) is 5.36. The Morgan fingerprint density at radius 1 is 1.37 bits per heavy atom. The molecule has 102 valence electrons. The fraction of sp³-hybridized carbons (Fsp3) is 0.250. The summed E-state index contributed by atoms with van der Waals surface area (Å²) in [6, 6.07) is 5.92. The molecule has 0 aliphatic rings. The van der Waals surface area contributed by atoms with Crippen molar-refractivity contribution < 1.29 is 22.3 Å². The molecule has 0 aliphatic heterocycles. The third-order valence-electron chi connectivity index (χ3n) is 2.22. The number of halogens is 3. The topological polar surface area (TPSA) is 39.4 Å². The molecule has 0 fully saturated rings. The van der Waals surface area contributed by atoms with Gasteiger partial charge >= 0.3 is 11.1 Å². The van der Waals surface area contributed by atoms with Crippen LogP contribution in [0.1, 0.15) is 6.92 Å². The standard InChI is InChI=1S/C12H9F3O3S/c1-2-17-8-5-3-4-7-6-9(19-12(13,14)15)11(16)18-10(7)8/h3-6H,2H2,1H3. The van der Waals surface area contributed by atoms with E-state index in [1.54, 1.807) is 25.1 Å². The highest BCUT2D eigenvalue weighted by molar-refractivity contribution is 8.00. The van der Waals surface area contributed by atoms with E-state index in [0.29, 0.717) is 17.7 Å². The molecule has 0 radical (unpaired) electrons. The van der Waals surface area contributed by atoms with Crippen molar-refractivity contribution in [1.29, 1.82) is 0 Å². The van der Waals surface area contributed by atoms with Gasteiger partial charge in [0.05, 0.1) is 6.61 Å². The van der Waals surface area contributed by atoms with Crippen LogP contribution in [0.15, 0.2) is 38.4 Å². The first kappa shape index (κ1) is 13.8. The Bertz CT molecular complexity index is 649. The summed E-state index contributed by atoms with van der Waals surface area (Å²) >= 11 is -0.486. The van der Waals surface area contributed by atoms with Gasteiger partial charge in [-0.1, -0.05) is 12.1 Å². The Labute approximate surface area is 110 Å². The second-order valence-corrected chi connectivity index (χ2v) is 4.66. The molecule has 0 N–H and O–H groups in total. The summed E-state index contributed by atoms with van der Waals surface area (Å²) in [6.45, 7) is 2.12. The first-order chi connectivity index (χ1) is 8.90. The number of hydrogen-bond donors (Lipinski definition) is 0. The summed E-state index contributed by atoms with van der Waals surface area (Å²) < 4.78 is 47.0. The van der Waals surface area contributed by atoms with Gasteiger partial charge in [0.25, 0.3) is 0 Å². The minimum absolute atomic E-state index is 0.154. The number of fused-ring (bicyclic) bond motifs is 1. The second-order valence-electron chi connectivity index (χ2n) is 3.55. The Kier molecular flexibility index (Phi) is 3.75. The lowest BCUT2D eigenvalue weighted by Crippen LogP contribution is -2.08. The molecule has 3 nitrogen and oxygen atoms in total. The summed E-state index contributed by atoms with van der Waals surface area (Å²) in [7, 11) is 0. The van der Waals surface area contributed by atoms with Crippen LogP contribution in [0.2, 0.25) is 0 Å². The highest BCUT2D eigenvalue weighted by atomic mass is 32.2. The average molecular weight is 290 g/mol. The van der Waals surface area contributed by atoms with Crippen LogP contribution in [0.25, 0.3) is 11.0 Å². The fourth-order valence-corrected chi connectivity index (χ4v) is 2.12. The van der Waals surface area contributed by atoms with E-state index < -0.39 is 27.8 Å². The van der Waals surface area contributed by atoms with Gasteiger partial charge in [-0.05, 0) is 30.8 Å². The molecule has 2 aromatic rings. The molecule has 7 heteroatoms. The Hall–Kier alpha value is -1.63. The minimum atomic E-state index is -4.53. The van der Waals surface area contributed by atoms with Gasteiger partial charge in [-0.25, -0.2) is 4.79 Å². The average Bonchev–Trinajstić information content (AvgIpc) is 2.30. The van der Waals surface area contributed by atoms with Crippen LogP contribution in [0, 0.1) is 0 Å². The molecule has 0 bridgehead atoms. The molecule has 1 aromatic carbocycles. The number of ether oxygens (including phenoxy) is 1. The van der Waals surface area contributed by atoms with Crippen LogP contribution in [0.4, 0.5) is 13.2 Å². The van der Waals surface area contributed by atoms with Crippen LogP contribution in [-0.4, -0.2) is 12.1 Å². The molecular formula is C12H9F3O3S. The van der Waals surface area contributed by atoms with Gasteiger partial charge in [-0.15, -0.1) is 0 Å². The summed E-state index contributed by atoms with van der Waals surface area (Å²) in [5.41, 5.74) is -5.40. The molecule has 0 spiro atoms. The summed E-state index contributed by atoms with van der Waals surface area (Å²) in [4.78, 5) is 11.0. The van der Waals surface area contributed by atoms with Crippen molar-refractivity contribution in [1.82, 2.24) is 0 Å². The summed E-state index contributed by atoms with van der Waals surface area (Å²) in [6.07, 6.45) is 0. The smallest absolute Gasteiger partial charge is 0.446 e. The number of hydrogen-bond acceptors (Lipinski definition) is 4. The van der Waals surface area contributed by atoms with E-state index in [0.717, 1.165) is 6.07 Å². The van der Waals surface area contributed by atoms with Gasteiger partial charge in [0.1, 0.15) is 4.90 Å².